The topological polar surface area (TPSA) is 75.4 Å². The van der Waals surface area contributed by atoms with Gasteiger partial charge in [-0.05, 0) is 37.1 Å². The molecular formula is C15H20BrN3O2. The van der Waals surface area contributed by atoms with Gasteiger partial charge in [-0.1, -0.05) is 15.9 Å². The third kappa shape index (κ3) is 4.82. The van der Waals surface area contributed by atoms with Crippen LogP contribution in [0.3, 0.4) is 0 Å². The van der Waals surface area contributed by atoms with Crippen LogP contribution in [-0.2, 0) is 4.79 Å². The highest BCUT2D eigenvalue weighted by Gasteiger charge is 2.20. The van der Waals surface area contributed by atoms with E-state index in [4.69, 9.17) is 5.73 Å². The van der Waals surface area contributed by atoms with Crippen LogP contribution < -0.4 is 11.1 Å². The van der Waals surface area contributed by atoms with Gasteiger partial charge in [0.2, 0.25) is 5.91 Å². The fourth-order valence-electron chi connectivity index (χ4n) is 2.38. The maximum atomic E-state index is 12.0. The smallest absolute Gasteiger partial charge is 0.251 e. The predicted octanol–water partition coefficient (Wildman–Crippen LogP) is 1.52. The zero-order chi connectivity index (χ0) is 15.2. The molecule has 5 nitrogen and oxygen atoms in total. The summed E-state index contributed by atoms with van der Waals surface area (Å²) in [4.78, 5) is 25.7. The lowest BCUT2D eigenvalue weighted by atomic mass is 10.1. The summed E-state index contributed by atoms with van der Waals surface area (Å²) in [5.74, 6) is -0.105. The number of likely N-dealkylation sites (tertiary alicyclic amines) is 1. The lowest BCUT2D eigenvalue weighted by molar-refractivity contribution is -0.132. The highest BCUT2D eigenvalue weighted by Crippen LogP contribution is 2.11. The van der Waals surface area contributed by atoms with E-state index in [0.29, 0.717) is 25.1 Å². The van der Waals surface area contributed by atoms with Crippen LogP contribution in [0, 0.1) is 0 Å². The predicted molar refractivity (Wildman–Crippen MR) is 84.9 cm³/mol. The molecule has 0 aromatic heterocycles. The van der Waals surface area contributed by atoms with E-state index in [9.17, 15) is 9.59 Å². The number of piperidine rings is 1. The van der Waals surface area contributed by atoms with Gasteiger partial charge in [0, 0.05) is 42.1 Å². The Balaban J connectivity index is 1.74. The van der Waals surface area contributed by atoms with Gasteiger partial charge in [-0.15, -0.1) is 0 Å². The number of carbonyl (C=O) groups is 2. The fourth-order valence-corrected chi connectivity index (χ4v) is 2.65. The summed E-state index contributed by atoms with van der Waals surface area (Å²) in [6.07, 6.45) is 2.25. The quantitative estimate of drug-likeness (QED) is 0.861. The molecule has 1 saturated heterocycles. The standard InChI is InChI=1S/C15H20BrN3O2/c16-12-5-3-11(4-6-12)15(21)18-8-7-14(20)19-9-1-2-13(17)10-19/h3-6,13H,1-2,7-10,17H2,(H,18,21). The van der Waals surface area contributed by atoms with Crippen molar-refractivity contribution >= 4 is 27.7 Å². The minimum absolute atomic E-state index is 0.0567. The number of carbonyl (C=O) groups excluding carboxylic acids is 2. The molecule has 1 aromatic rings. The fraction of sp³-hybridized carbons (Fsp3) is 0.467. The van der Waals surface area contributed by atoms with E-state index in [-0.39, 0.29) is 17.9 Å². The van der Waals surface area contributed by atoms with Gasteiger partial charge >= 0.3 is 0 Å². The minimum Gasteiger partial charge on any atom is -0.352 e. The van der Waals surface area contributed by atoms with Crippen molar-refractivity contribution in [3.05, 3.63) is 34.3 Å². The van der Waals surface area contributed by atoms with E-state index in [1.54, 1.807) is 17.0 Å². The molecule has 0 radical (unpaired) electrons. The zero-order valence-corrected chi connectivity index (χ0v) is 13.4. The van der Waals surface area contributed by atoms with Gasteiger partial charge < -0.3 is 16.0 Å². The van der Waals surface area contributed by atoms with Gasteiger partial charge in [0.1, 0.15) is 0 Å². The average molecular weight is 354 g/mol. The molecule has 1 aromatic carbocycles. The zero-order valence-electron chi connectivity index (χ0n) is 11.8. The van der Waals surface area contributed by atoms with Gasteiger partial charge in [0.05, 0.1) is 0 Å². The Labute approximate surface area is 133 Å². The van der Waals surface area contributed by atoms with E-state index in [2.05, 4.69) is 21.2 Å². The Hall–Kier alpha value is -1.40. The van der Waals surface area contributed by atoms with Crippen molar-refractivity contribution < 1.29 is 9.59 Å². The van der Waals surface area contributed by atoms with E-state index in [0.717, 1.165) is 23.9 Å². The molecule has 1 heterocycles. The minimum atomic E-state index is -0.161. The Bertz CT molecular complexity index is 504. The molecule has 1 atom stereocenters. The van der Waals surface area contributed by atoms with Crippen molar-refractivity contribution in [1.82, 2.24) is 10.2 Å². The number of hydrogen-bond acceptors (Lipinski definition) is 3. The molecule has 0 bridgehead atoms. The number of rotatable bonds is 4. The van der Waals surface area contributed by atoms with Crippen molar-refractivity contribution in [2.24, 2.45) is 5.73 Å². The van der Waals surface area contributed by atoms with E-state index < -0.39 is 0 Å². The third-order valence-electron chi connectivity index (χ3n) is 3.54. The number of nitrogens with two attached hydrogens (primary N) is 1. The molecular weight excluding hydrogens is 334 g/mol. The highest BCUT2D eigenvalue weighted by atomic mass is 79.9. The van der Waals surface area contributed by atoms with Crippen LogP contribution in [0.2, 0.25) is 0 Å². The third-order valence-corrected chi connectivity index (χ3v) is 4.07. The van der Waals surface area contributed by atoms with Crippen molar-refractivity contribution in [1.29, 1.82) is 0 Å². The second kappa shape index (κ2) is 7.56. The van der Waals surface area contributed by atoms with Crippen LogP contribution in [0.25, 0.3) is 0 Å². The molecule has 0 saturated carbocycles. The summed E-state index contributed by atoms with van der Waals surface area (Å²) < 4.78 is 0.927. The normalized spacial score (nSPS) is 18.4. The molecule has 1 unspecified atom stereocenters. The first-order valence-electron chi connectivity index (χ1n) is 7.13. The SMILES string of the molecule is NC1CCCN(C(=O)CCNC(=O)c2ccc(Br)cc2)C1. The molecule has 0 aliphatic carbocycles. The Morgan fingerprint density at radius 1 is 1.33 bits per heavy atom. The van der Waals surface area contributed by atoms with Crippen LogP contribution in [0.15, 0.2) is 28.7 Å². The molecule has 1 aliphatic rings. The molecule has 1 aliphatic heterocycles. The second-order valence-electron chi connectivity index (χ2n) is 5.25. The maximum absolute atomic E-state index is 12.0. The van der Waals surface area contributed by atoms with Crippen molar-refractivity contribution in [2.45, 2.75) is 25.3 Å². The summed E-state index contributed by atoms with van der Waals surface area (Å²) in [6.45, 7) is 1.74. The van der Waals surface area contributed by atoms with Crippen LogP contribution in [-0.4, -0.2) is 42.4 Å². The monoisotopic (exact) mass is 353 g/mol. The first-order chi connectivity index (χ1) is 10.1. The summed E-state index contributed by atoms with van der Waals surface area (Å²) in [7, 11) is 0. The molecule has 0 spiro atoms. The largest absolute Gasteiger partial charge is 0.352 e. The average Bonchev–Trinajstić information content (AvgIpc) is 2.47. The van der Waals surface area contributed by atoms with Gasteiger partial charge in [-0.3, -0.25) is 9.59 Å². The number of benzene rings is 1. The van der Waals surface area contributed by atoms with Gasteiger partial charge in [-0.2, -0.15) is 0 Å². The van der Waals surface area contributed by atoms with Crippen molar-refractivity contribution in [3.63, 3.8) is 0 Å². The molecule has 114 valence electrons. The van der Waals surface area contributed by atoms with Crippen LogP contribution in [0.4, 0.5) is 0 Å². The Morgan fingerprint density at radius 3 is 2.71 bits per heavy atom. The van der Waals surface area contributed by atoms with E-state index >= 15 is 0 Å². The van der Waals surface area contributed by atoms with Crippen LogP contribution in [0.5, 0.6) is 0 Å². The summed E-state index contributed by atoms with van der Waals surface area (Å²) in [5.41, 5.74) is 6.45. The Morgan fingerprint density at radius 2 is 2.05 bits per heavy atom. The molecule has 2 amide bonds. The van der Waals surface area contributed by atoms with Gasteiger partial charge in [0.15, 0.2) is 0 Å². The summed E-state index contributed by atoms with van der Waals surface area (Å²) in [6, 6.07) is 7.19. The number of nitrogens with zero attached hydrogens (tertiary/aromatic N) is 1. The number of amides is 2. The number of nitrogens with one attached hydrogen (secondary N) is 1. The maximum Gasteiger partial charge on any atom is 0.251 e. The molecule has 6 heteroatoms. The highest BCUT2D eigenvalue weighted by molar-refractivity contribution is 9.10. The lowest BCUT2D eigenvalue weighted by Gasteiger charge is -2.30. The van der Waals surface area contributed by atoms with Crippen LogP contribution >= 0.6 is 15.9 Å². The Kier molecular flexibility index (Phi) is 5.76. The molecule has 3 N–H and O–H groups in total. The summed E-state index contributed by atoms with van der Waals surface area (Å²) >= 11 is 3.32. The number of hydrogen-bond donors (Lipinski definition) is 2. The van der Waals surface area contributed by atoms with Crippen molar-refractivity contribution in [3.8, 4) is 0 Å². The first kappa shape index (κ1) is 16.0. The lowest BCUT2D eigenvalue weighted by Crippen LogP contribution is -2.46. The van der Waals surface area contributed by atoms with Gasteiger partial charge in [0.25, 0.3) is 5.91 Å². The molecule has 1 fully saturated rings. The molecule has 2 rings (SSSR count). The van der Waals surface area contributed by atoms with E-state index in [1.165, 1.54) is 0 Å². The molecule has 21 heavy (non-hydrogen) atoms. The summed E-state index contributed by atoms with van der Waals surface area (Å²) in [5, 5.41) is 2.77. The van der Waals surface area contributed by atoms with Gasteiger partial charge in [-0.25, -0.2) is 0 Å². The second-order valence-corrected chi connectivity index (χ2v) is 6.17. The van der Waals surface area contributed by atoms with Crippen LogP contribution in [0.1, 0.15) is 29.6 Å². The number of halogens is 1. The van der Waals surface area contributed by atoms with E-state index in [1.807, 2.05) is 12.1 Å². The van der Waals surface area contributed by atoms with Crippen molar-refractivity contribution in [2.75, 3.05) is 19.6 Å². The first-order valence-corrected chi connectivity index (χ1v) is 7.92.